The van der Waals surface area contributed by atoms with Crippen molar-refractivity contribution in [1.29, 1.82) is 0 Å². The molecule has 35 heavy (non-hydrogen) atoms. The van der Waals surface area contributed by atoms with E-state index in [0.29, 0.717) is 37.7 Å². The molecular formula is C23H22N8O3S. The number of H-pyrrole nitrogens is 1. The van der Waals surface area contributed by atoms with E-state index < -0.39 is 4.92 Å². The molecule has 178 valence electrons. The van der Waals surface area contributed by atoms with E-state index in [1.54, 1.807) is 29.4 Å². The molecule has 0 aliphatic carbocycles. The number of pyridine rings is 2. The molecule has 1 aliphatic rings. The highest BCUT2D eigenvalue weighted by molar-refractivity contribution is 7.98. The van der Waals surface area contributed by atoms with Crippen LogP contribution in [-0.2, 0) is 0 Å². The van der Waals surface area contributed by atoms with Crippen molar-refractivity contribution in [2.45, 2.75) is 4.90 Å². The fourth-order valence-corrected chi connectivity index (χ4v) is 4.59. The lowest BCUT2D eigenvalue weighted by atomic mass is 10.2. The summed E-state index contributed by atoms with van der Waals surface area (Å²) in [7, 11) is 0. The lowest BCUT2D eigenvalue weighted by Crippen LogP contribution is -2.49. The summed E-state index contributed by atoms with van der Waals surface area (Å²) >= 11 is 1.48. The molecule has 11 nitrogen and oxygen atoms in total. The van der Waals surface area contributed by atoms with E-state index in [2.05, 4.69) is 25.5 Å². The number of hydrogen-bond acceptors (Lipinski definition) is 9. The third-order valence-electron chi connectivity index (χ3n) is 5.82. The van der Waals surface area contributed by atoms with Gasteiger partial charge in [0, 0.05) is 54.4 Å². The van der Waals surface area contributed by atoms with E-state index in [9.17, 15) is 14.9 Å². The Morgan fingerprint density at radius 2 is 2.00 bits per heavy atom. The highest BCUT2D eigenvalue weighted by Crippen LogP contribution is 2.30. The van der Waals surface area contributed by atoms with Gasteiger partial charge in [-0.3, -0.25) is 20.0 Å². The standard InChI is InChI=1S/C23H22N8O3S/c1-35-19-3-2-8-24-21(19)23(32)30-11-9-29(10-12-30)22-18(31(33)34)6-7-20(27-22)26-16-4-5-17-15(13-16)14-25-28-17/h2-8,13-14H,9-12H2,1H3,(H,25,28)(H,26,27). The van der Waals surface area contributed by atoms with E-state index in [1.165, 1.54) is 17.8 Å². The first-order chi connectivity index (χ1) is 17.0. The second kappa shape index (κ2) is 9.58. The molecule has 1 saturated heterocycles. The van der Waals surface area contributed by atoms with Crippen LogP contribution in [0.4, 0.5) is 23.0 Å². The summed E-state index contributed by atoms with van der Waals surface area (Å²) in [5.41, 5.74) is 2.06. The van der Waals surface area contributed by atoms with Crippen LogP contribution in [0.25, 0.3) is 10.9 Å². The van der Waals surface area contributed by atoms with Crippen molar-refractivity contribution in [1.82, 2.24) is 25.1 Å². The summed E-state index contributed by atoms with van der Waals surface area (Å²) in [6, 6.07) is 12.4. The van der Waals surface area contributed by atoms with Gasteiger partial charge in [0.15, 0.2) is 0 Å². The average Bonchev–Trinajstić information content (AvgIpc) is 3.36. The van der Waals surface area contributed by atoms with Crippen LogP contribution >= 0.6 is 11.8 Å². The summed E-state index contributed by atoms with van der Waals surface area (Å²) < 4.78 is 0. The molecule has 0 saturated carbocycles. The first-order valence-corrected chi connectivity index (χ1v) is 12.1. The van der Waals surface area contributed by atoms with Crippen LogP contribution in [0, 0.1) is 10.1 Å². The summed E-state index contributed by atoms with van der Waals surface area (Å²) in [6.45, 7) is 1.67. The fourth-order valence-electron chi connectivity index (χ4n) is 4.04. The second-order valence-corrected chi connectivity index (χ2v) is 8.77. The van der Waals surface area contributed by atoms with E-state index in [4.69, 9.17) is 0 Å². The normalized spacial score (nSPS) is 13.7. The Morgan fingerprint density at radius 1 is 1.17 bits per heavy atom. The zero-order valence-electron chi connectivity index (χ0n) is 18.8. The number of aromatic nitrogens is 4. The van der Waals surface area contributed by atoms with Crippen LogP contribution in [0.15, 0.2) is 59.8 Å². The molecule has 2 N–H and O–H groups in total. The molecule has 1 fully saturated rings. The SMILES string of the molecule is CSc1cccnc1C(=O)N1CCN(c2nc(Nc3ccc4[nH]ncc4c3)ccc2[N+](=O)[O-])CC1. The van der Waals surface area contributed by atoms with Crippen molar-refractivity contribution in [3.63, 3.8) is 0 Å². The second-order valence-electron chi connectivity index (χ2n) is 7.93. The van der Waals surface area contributed by atoms with Gasteiger partial charge in [-0.25, -0.2) is 9.97 Å². The molecule has 0 atom stereocenters. The van der Waals surface area contributed by atoms with Gasteiger partial charge in [0.05, 0.1) is 16.6 Å². The van der Waals surface area contributed by atoms with Crippen molar-refractivity contribution in [3.8, 4) is 0 Å². The number of aromatic amines is 1. The smallest absolute Gasteiger partial charge is 0.311 e. The Hall–Kier alpha value is -4.19. The number of nitro groups is 1. The van der Waals surface area contributed by atoms with Crippen molar-refractivity contribution < 1.29 is 9.72 Å². The number of anilines is 3. The summed E-state index contributed by atoms with van der Waals surface area (Å²) in [5.74, 6) is 0.631. The first-order valence-electron chi connectivity index (χ1n) is 10.9. The lowest BCUT2D eigenvalue weighted by Gasteiger charge is -2.35. The van der Waals surface area contributed by atoms with Crippen LogP contribution in [0.3, 0.4) is 0 Å². The van der Waals surface area contributed by atoms with Gasteiger partial charge in [0.2, 0.25) is 5.82 Å². The molecule has 5 rings (SSSR count). The van der Waals surface area contributed by atoms with Crippen molar-refractivity contribution in [3.05, 3.63) is 70.7 Å². The van der Waals surface area contributed by atoms with Crippen molar-refractivity contribution in [2.75, 3.05) is 42.7 Å². The average molecular weight is 491 g/mol. The minimum Gasteiger partial charge on any atom is -0.347 e. The number of fused-ring (bicyclic) bond motifs is 1. The van der Waals surface area contributed by atoms with E-state index in [-0.39, 0.29) is 17.4 Å². The van der Waals surface area contributed by atoms with Gasteiger partial charge in [-0.1, -0.05) is 0 Å². The number of thioether (sulfide) groups is 1. The summed E-state index contributed by atoms with van der Waals surface area (Å²) in [4.78, 5) is 37.5. The van der Waals surface area contributed by atoms with E-state index in [1.807, 2.05) is 35.4 Å². The maximum Gasteiger partial charge on any atom is 0.311 e. The van der Waals surface area contributed by atoms with Gasteiger partial charge in [-0.15, -0.1) is 11.8 Å². The number of rotatable bonds is 6. The quantitative estimate of drug-likeness (QED) is 0.236. The first kappa shape index (κ1) is 22.6. The third kappa shape index (κ3) is 4.60. The maximum atomic E-state index is 13.0. The number of carbonyl (C=O) groups excluding carboxylic acids is 1. The minimum absolute atomic E-state index is 0.0741. The van der Waals surface area contributed by atoms with Gasteiger partial charge in [0.25, 0.3) is 5.91 Å². The molecule has 0 unspecified atom stereocenters. The van der Waals surface area contributed by atoms with Crippen LogP contribution in [-0.4, -0.2) is 68.3 Å². The summed E-state index contributed by atoms with van der Waals surface area (Å²) in [6.07, 6.45) is 5.24. The van der Waals surface area contributed by atoms with Gasteiger partial charge < -0.3 is 15.1 Å². The molecular weight excluding hydrogens is 468 g/mol. The Labute approximate surface area is 204 Å². The molecule has 4 heterocycles. The van der Waals surface area contributed by atoms with Gasteiger partial charge in [-0.05, 0) is 42.7 Å². The number of nitrogens with one attached hydrogen (secondary N) is 2. The fraction of sp³-hybridized carbons (Fsp3) is 0.217. The monoisotopic (exact) mass is 490 g/mol. The van der Waals surface area contributed by atoms with Crippen molar-refractivity contribution in [2.24, 2.45) is 0 Å². The minimum atomic E-state index is -0.431. The zero-order chi connectivity index (χ0) is 24.4. The molecule has 1 aliphatic heterocycles. The zero-order valence-corrected chi connectivity index (χ0v) is 19.7. The number of carbonyl (C=O) groups is 1. The molecule has 0 spiro atoms. The molecule has 1 amide bonds. The third-order valence-corrected chi connectivity index (χ3v) is 6.59. The predicted octanol–water partition coefficient (Wildman–Crippen LogP) is 3.69. The maximum absolute atomic E-state index is 13.0. The molecule has 3 aromatic heterocycles. The Bertz CT molecular complexity index is 1400. The van der Waals surface area contributed by atoms with Crippen LogP contribution in [0.1, 0.15) is 10.5 Å². The number of benzene rings is 1. The van der Waals surface area contributed by atoms with Crippen LogP contribution in [0.5, 0.6) is 0 Å². The van der Waals surface area contributed by atoms with E-state index in [0.717, 1.165) is 21.5 Å². The van der Waals surface area contributed by atoms with Gasteiger partial charge >= 0.3 is 5.69 Å². The van der Waals surface area contributed by atoms with Crippen LogP contribution < -0.4 is 10.2 Å². The van der Waals surface area contributed by atoms with Crippen molar-refractivity contribution >= 4 is 51.6 Å². The predicted molar refractivity (Wildman–Crippen MR) is 134 cm³/mol. The highest BCUT2D eigenvalue weighted by Gasteiger charge is 2.29. The Morgan fingerprint density at radius 3 is 2.77 bits per heavy atom. The highest BCUT2D eigenvalue weighted by atomic mass is 32.2. The topological polar surface area (TPSA) is 133 Å². The molecule has 0 radical (unpaired) electrons. The van der Waals surface area contributed by atoms with Gasteiger partial charge in [0.1, 0.15) is 11.5 Å². The number of hydrogen-bond donors (Lipinski definition) is 2. The largest absolute Gasteiger partial charge is 0.347 e. The molecule has 4 aromatic rings. The molecule has 12 heteroatoms. The lowest BCUT2D eigenvalue weighted by molar-refractivity contribution is -0.384. The van der Waals surface area contributed by atoms with Crippen LogP contribution in [0.2, 0.25) is 0 Å². The van der Waals surface area contributed by atoms with E-state index >= 15 is 0 Å². The number of amides is 1. The molecule has 1 aromatic carbocycles. The Kier molecular flexibility index (Phi) is 6.19. The summed E-state index contributed by atoms with van der Waals surface area (Å²) in [5, 5.41) is 22.8. The number of piperazine rings is 1. The van der Waals surface area contributed by atoms with Gasteiger partial charge in [-0.2, -0.15) is 5.10 Å². The number of nitrogens with zero attached hydrogens (tertiary/aromatic N) is 6. The Balaban J connectivity index is 1.34. The molecule has 0 bridgehead atoms.